The van der Waals surface area contributed by atoms with E-state index in [1.165, 1.54) is 6.92 Å². The van der Waals surface area contributed by atoms with Crippen molar-refractivity contribution in [3.63, 3.8) is 0 Å². The summed E-state index contributed by atoms with van der Waals surface area (Å²) in [5, 5.41) is 4.88. The second-order valence-corrected chi connectivity index (χ2v) is 4.29. The fraction of sp³-hybridized carbons (Fsp3) is 0.357. The van der Waals surface area contributed by atoms with E-state index in [-0.39, 0.29) is 25.7 Å². The predicted molar refractivity (Wildman–Crippen MR) is 79.2 cm³/mol. The number of rotatable bonds is 9. The van der Waals surface area contributed by atoms with Gasteiger partial charge in [0.2, 0.25) is 12.3 Å². The van der Waals surface area contributed by atoms with Crippen LogP contribution >= 0.6 is 0 Å². The van der Waals surface area contributed by atoms with Crippen LogP contribution in [0.3, 0.4) is 0 Å². The molecule has 22 heavy (non-hydrogen) atoms. The van der Waals surface area contributed by atoms with Gasteiger partial charge in [0.25, 0.3) is 0 Å². The van der Waals surface area contributed by atoms with Gasteiger partial charge in [-0.2, -0.15) is 0 Å². The van der Waals surface area contributed by atoms with Gasteiger partial charge in [-0.1, -0.05) is 6.07 Å². The van der Waals surface area contributed by atoms with E-state index in [0.29, 0.717) is 30.0 Å². The zero-order valence-electron chi connectivity index (χ0n) is 12.3. The average Bonchev–Trinajstić information content (AvgIpc) is 2.50. The molecule has 1 rings (SSSR count). The van der Waals surface area contributed by atoms with Crippen LogP contribution in [0.1, 0.15) is 12.5 Å². The Kier molecular flexibility index (Phi) is 7.41. The van der Waals surface area contributed by atoms with E-state index in [0.717, 1.165) is 0 Å². The minimum Gasteiger partial charge on any atom is -0.490 e. The molecule has 4 N–H and O–H groups in total. The number of carbonyl (C=O) groups is 3. The van der Waals surface area contributed by atoms with Crippen molar-refractivity contribution in [1.82, 2.24) is 5.32 Å². The number of benzene rings is 1. The second kappa shape index (κ2) is 9.35. The Balaban J connectivity index is 2.82. The molecule has 0 bridgehead atoms. The van der Waals surface area contributed by atoms with Crippen molar-refractivity contribution in [2.45, 2.75) is 13.5 Å². The average molecular weight is 309 g/mol. The molecule has 0 aliphatic heterocycles. The highest BCUT2D eigenvalue weighted by atomic mass is 16.5. The highest BCUT2D eigenvalue weighted by Crippen LogP contribution is 2.26. The molecule has 8 heteroatoms. The molecule has 1 aromatic carbocycles. The molecule has 120 valence electrons. The number of ether oxygens (including phenoxy) is 2. The lowest BCUT2D eigenvalue weighted by molar-refractivity contribution is -0.142. The van der Waals surface area contributed by atoms with Gasteiger partial charge in [-0.3, -0.25) is 14.4 Å². The monoisotopic (exact) mass is 309 g/mol. The maximum Gasteiger partial charge on any atom is 0.302 e. The Labute approximate surface area is 128 Å². The van der Waals surface area contributed by atoms with Crippen molar-refractivity contribution in [3.05, 3.63) is 23.8 Å². The van der Waals surface area contributed by atoms with Crippen molar-refractivity contribution >= 4 is 24.0 Å². The van der Waals surface area contributed by atoms with Gasteiger partial charge in [0.1, 0.15) is 19.0 Å². The molecular weight excluding hydrogens is 290 g/mol. The van der Waals surface area contributed by atoms with Gasteiger partial charge < -0.3 is 25.8 Å². The summed E-state index contributed by atoms with van der Waals surface area (Å²) in [6.07, 6.45) is 0.438. The Hall–Kier alpha value is -2.61. The van der Waals surface area contributed by atoms with Crippen molar-refractivity contribution in [1.29, 1.82) is 0 Å². The van der Waals surface area contributed by atoms with Crippen molar-refractivity contribution in [2.24, 2.45) is 5.73 Å². The van der Waals surface area contributed by atoms with Crippen molar-refractivity contribution in [2.75, 3.05) is 25.0 Å². The van der Waals surface area contributed by atoms with Gasteiger partial charge in [0.05, 0.1) is 12.2 Å². The number of nitrogens with one attached hydrogen (secondary N) is 2. The summed E-state index contributed by atoms with van der Waals surface area (Å²) in [7, 11) is 0. The summed E-state index contributed by atoms with van der Waals surface area (Å²) in [6.45, 7) is 1.87. The van der Waals surface area contributed by atoms with E-state index in [4.69, 9.17) is 15.2 Å². The van der Waals surface area contributed by atoms with Crippen LogP contribution in [-0.4, -0.2) is 38.0 Å². The molecule has 0 unspecified atom stereocenters. The lowest BCUT2D eigenvalue weighted by atomic mass is 10.2. The van der Waals surface area contributed by atoms with Gasteiger partial charge in [-0.05, 0) is 17.7 Å². The first-order chi connectivity index (χ1) is 10.6. The maximum atomic E-state index is 11.6. The van der Waals surface area contributed by atoms with Gasteiger partial charge in [-0.15, -0.1) is 0 Å². The molecule has 0 spiro atoms. The number of nitrogens with two attached hydrogens (primary N) is 1. The van der Waals surface area contributed by atoms with Crippen molar-refractivity contribution < 1.29 is 23.9 Å². The number of hydrogen-bond donors (Lipinski definition) is 3. The highest BCUT2D eigenvalue weighted by molar-refractivity contribution is 5.94. The van der Waals surface area contributed by atoms with E-state index in [1.807, 2.05) is 0 Å². The van der Waals surface area contributed by atoms with Gasteiger partial charge in [0, 0.05) is 13.5 Å². The third-order valence-corrected chi connectivity index (χ3v) is 2.48. The summed E-state index contributed by atoms with van der Waals surface area (Å²) < 4.78 is 10.4. The number of anilines is 1. The van der Waals surface area contributed by atoms with Crippen LogP contribution in [0, 0.1) is 0 Å². The van der Waals surface area contributed by atoms with Crippen LogP contribution in [0.25, 0.3) is 0 Å². The molecule has 8 nitrogen and oxygen atoms in total. The van der Waals surface area contributed by atoms with E-state index in [2.05, 4.69) is 10.6 Å². The molecule has 0 aliphatic carbocycles. The van der Waals surface area contributed by atoms with Gasteiger partial charge in [0.15, 0.2) is 0 Å². The molecule has 0 saturated heterocycles. The zero-order valence-corrected chi connectivity index (χ0v) is 12.3. The summed E-state index contributed by atoms with van der Waals surface area (Å²) in [5.74, 6) is -0.367. The summed E-state index contributed by atoms with van der Waals surface area (Å²) in [5.41, 5.74) is 6.56. The lowest BCUT2D eigenvalue weighted by Gasteiger charge is -2.14. The third kappa shape index (κ3) is 6.23. The predicted octanol–water partition coefficient (Wildman–Crippen LogP) is -0.228. The molecule has 0 aromatic heterocycles. The number of carbonyl (C=O) groups excluding carboxylic acids is 3. The quantitative estimate of drug-likeness (QED) is 0.428. The molecule has 0 aliphatic rings. The van der Waals surface area contributed by atoms with E-state index in [1.54, 1.807) is 18.2 Å². The molecule has 0 heterocycles. The highest BCUT2D eigenvalue weighted by Gasteiger charge is 2.09. The van der Waals surface area contributed by atoms with Crippen molar-refractivity contribution in [3.8, 4) is 5.75 Å². The smallest absolute Gasteiger partial charge is 0.302 e. The Morgan fingerprint density at radius 1 is 1.36 bits per heavy atom. The van der Waals surface area contributed by atoms with Gasteiger partial charge >= 0.3 is 5.97 Å². The van der Waals surface area contributed by atoms with E-state index < -0.39 is 5.91 Å². The minimum absolute atomic E-state index is 0.106. The molecule has 0 radical (unpaired) electrons. The van der Waals surface area contributed by atoms with Crippen LogP contribution in [0.15, 0.2) is 18.2 Å². The second-order valence-electron chi connectivity index (χ2n) is 4.29. The minimum atomic E-state index is -0.391. The number of hydrogen-bond acceptors (Lipinski definition) is 6. The standard InChI is InChI=1S/C14H19N3O5/c1-10(19)22-8-11-2-3-12(13(6-11)21-5-4-15)17-14(20)7-16-9-18/h2-3,6,9H,4-5,7-8,15H2,1H3,(H,16,18)(H,17,20). The van der Waals surface area contributed by atoms with Crippen LogP contribution in [-0.2, 0) is 25.7 Å². The maximum absolute atomic E-state index is 11.6. The fourth-order valence-electron chi connectivity index (χ4n) is 1.56. The molecule has 0 saturated carbocycles. The number of esters is 1. The SMILES string of the molecule is CC(=O)OCc1ccc(NC(=O)CNC=O)c(OCCN)c1. The first kappa shape index (κ1) is 17.4. The zero-order chi connectivity index (χ0) is 16.4. The molecule has 2 amide bonds. The topological polar surface area (TPSA) is 120 Å². The normalized spacial score (nSPS) is 9.73. The van der Waals surface area contributed by atoms with Crippen LogP contribution in [0.4, 0.5) is 5.69 Å². The molecule has 1 aromatic rings. The Morgan fingerprint density at radius 2 is 2.14 bits per heavy atom. The fourth-order valence-corrected chi connectivity index (χ4v) is 1.56. The largest absolute Gasteiger partial charge is 0.490 e. The van der Waals surface area contributed by atoms with Gasteiger partial charge in [-0.25, -0.2) is 0 Å². The lowest BCUT2D eigenvalue weighted by Crippen LogP contribution is -2.27. The number of amides is 2. The summed E-state index contributed by atoms with van der Waals surface area (Å²) in [6, 6.07) is 4.98. The van der Waals surface area contributed by atoms with Crippen LogP contribution in [0.2, 0.25) is 0 Å². The first-order valence-electron chi connectivity index (χ1n) is 6.63. The van der Waals surface area contributed by atoms with Crippen LogP contribution < -0.4 is 21.1 Å². The third-order valence-electron chi connectivity index (χ3n) is 2.48. The molecule has 0 atom stereocenters. The Morgan fingerprint density at radius 3 is 2.77 bits per heavy atom. The molecule has 0 fully saturated rings. The van der Waals surface area contributed by atoms with E-state index >= 15 is 0 Å². The Bertz CT molecular complexity index is 533. The van der Waals surface area contributed by atoms with E-state index in [9.17, 15) is 14.4 Å². The summed E-state index contributed by atoms with van der Waals surface area (Å²) in [4.78, 5) is 32.6. The summed E-state index contributed by atoms with van der Waals surface area (Å²) >= 11 is 0. The van der Waals surface area contributed by atoms with Crippen LogP contribution in [0.5, 0.6) is 5.75 Å². The first-order valence-corrected chi connectivity index (χ1v) is 6.63. The molecular formula is C14H19N3O5.